The number of anilines is 1. The summed E-state index contributed by atoms with van der Waals surface area (Å²) < 4.78 is 0. The molecular weight excluding hydrogens is 229 g/mol. The molecule has 1 aromatic rings. The van der Waals surface area contributed by atoms with Crippen LogP contribution in [0, 0.1) is 11.5 Å². The molecule has 0 spiro atoms. The minimum atomic E-state index is 0. The summed E-state index contributed by atoms with van der Waals surface area (Å²) >= 11 is 10.5. The van der Waals surface area contributed by atoms with E-state index < -0.39 is 0 Å². The maximum atomic E-state index is 8.25. The zero-order valence-electron chi connectivity index (χ0n) is 6.54. The molecule has 3 nitrogen and oxygen atoms in total. The topological polar surface area (TPSA) is 47.9 Å². The molecule has 14 heavy (non-hydrogen) atoms. The zero-order valence-corrected chi connectivity index (χ0v) is 8.12. The van der Waals surface area contributed by atoms with Crippen LogP contribution in [0.1, 0.15) is 0 Å². The van der Waals surface area contributed by atoms with Gasteiger partial charge in [-0.25, -0.2) is 0 Å². The fourth-order valence-electron chi connectivity index (χ4n) is 0.746. The second-order valence-electron chi connectivity index (χ2n) is 2.20. The van der Waals surface area contributed by atoms with Gasteiger partial charge in [0, 0.05) is 10.7 Å². The number of halogens is 1. The van der Waals surface area contributed by atoms with Crippen LogP contribution in [-0.2, 0) is 0 Å². The number of nitriles is 1. The molecule has 0 aromatic heterocycles. The molecule has 0 saturated heterocycles. The zero-order chi connectivity index (χ0) is 9.68. The maximum absolute atomic E-state index is 8.25. The predicted octanol–water partition coefficient (Wildman–Crippen LogP) is 1.46. The molecule has 0 unspecified atom stereocenters. The molecule has 2 N–H and O–H groups in total. The van der Waals surface area contributed by atoms with Gasteiger partial charge in [-0.05, 0) is 36.5 Å². The molecule has 0 saturated carbocycles. The van der Waals surface area contributed by atoms with E-state index in [4.69, 9.17) is 29.1 Å². The van der Waals surface area contributed by atoms with Crippen LogP contribution in [0.3, 0.4) is 0 Å². The average molecular weight is 236 g/mol. The molecule has 0 bridgehead atoms. The van der Waals surface area contributed by atoms with Gasteiger partial charge in [-0.1, -0.05) is 11.6 Å². The van der Waals surface area contributed by atoms with Gasteiger partial charge in [-0.15, -0.1) is 0 Å². The van der Waals surface area contributed by atoms with Crippen LogP contribution in [0.2, 0.25) is 5.02 Å². The summed E-state index contributed by atoms with van der Waals surface area (Å²) in [6.07, 6.45) is 1.72. The van der Waals surface area contributed by atoms with E-state index in [2.05, 4.69) is 10.6 Å². The van der Waals surface area contributed by atoms with Crippen molar-refractivity contribution in [3.63, 3.8) is 0 Å². The standard InChI is InChI=1S/C8H6ClN3S.Na.H/c9-6-1-3-7(4-2-6)12-8(13)11-5-10;;/h1-4H,(H2,11,12,13);;. The summed E-state index contributed by atoms with van der Waals surface area (Å²) in [5, 5.41) is 14.3. The van der Waals surface area contributed by atoms with E-state index in [0.717, 1.165) is 5.69 Å². The number of nitrogens with zero attached hydrogens (tertiary/aromatic N) is 1. The third kappa shape index (κ3) is 4.80. The molecule has 0 aliphatic rings. The molecule has 6 heteroatoms. The first-order valence-electron chi connectivity index (χ1n) is 3.44. The van der Waals surface area contributed by atoms with Gasteiger partial charge in [-0.2, -0.15) is 5.26 Å². The Labute approximate surface area is 115 Å². The first-order chi connectivity index (χ1) is 6.22. The third-order valence-electron chi connectivity index (χ3n) is 1.27. The van der Waals surface area contributed by atoms with Crippen molar-refractivity contribution in [2.45, 2.75) is 0 Å². The number of rotatable bonds is 1. The average Bonchev–Trinajstić information content (AvgIpc) is 2.09. The van der Waals surface area contributed by atoms with E-state index in [0.29, 0.717) is 5.02 Å². The fraction of sp³-hybridized carbons (Fsp3) is 0. The van der Waals surface area contributed by atoms with Crippen LogP contribution in [0.5, 0.6) is 0 Å². The number of hydrogen-bond acceptors (Lipinski definition) is 2. The van der Waals surface area contributed by atoms with Crippen molar-refractivity contribution in [3.05, 3.63) is 29.3 Å². The van der Waals surface area contributed by atoms with Crippen LogP contribution in [0.15, 0.2) is 24.3 Å². The van der Waals surface area contributed by atoms with E-state index >= 15 is 0 Å². The van der Waals surface area contributed by atoms with Gasteiger partial charge in [0.05, 0.1) is 0 Å². The molecule has 0 amide bonds. The third-order valence-corrected chi connectivity index (χ3v) is 1.73. The van der Waals surface area contributed by atoms with Crippen LogP contribution in [0.25, 0.3) is 0 Å². The van der Waals surface area contributed by atoms with E-state index in [1.54, 1.807) is 30.5 Å². The number of thiocarbonyl (C=S) groups is 1. The van der Waals surface area contributed by atoms with Crippen molar-refractivity contribution in [2.24, 2.45) is 0 Å². The van der Waals surface area contributed by atoms with Crippen molar-refractivity contribution in [2.75, 3.05) is 5.32 Å². The summed E-state index contributed by atoms with van der Waals surface area (Å²) in [5.41, 5.74) is 0.789. The number of nitrogens with one attached hydrogen (secondary N) is 2. The molecule has 68 valence electrons. The summed E-state index contributed by atoms with van der Waals surface area (Å²) in [6, 6.07) is 7.01. The van der Waals surface area contributed by atoms with Gasteiger partial charge >= 0.3 is 29.6 Å². The normalized spacial score (nSPS) is 8.00. The molecular formula is C8H7ClN3NaS. The van der Waals surface area contributed by atoms with Gasteiger partial charge in [0.1, 0.15) is 0 Å². The summed E-state index contributed by atoms with van der Waals surface area (Å²) in [6.45, 7) is 0. The van der Waals surface area contributed by atoms with Crippen LogP contribution < -0.4 is 10.6 Å². The molecule has 0 heterocycles. The van der Waals surface area contributed by atoms with E-state index in [-0.39, 0.29) is 34.7 Å². The van der Waals surface area contributed by atoms with Crippen LogP contribution in [0.4, 0.5) is 5.69 Å². The second-order valence-corrected chi connectivity index (χ2v) is 3.04. The molecule has 1 aromatic carbocycles. The molecule has 0 fully saturated rings. The van der Waals surface area contributed by atoms with Crippen molar-refractivity contribution in [1.29, 1.82) is 5.26 Å². The summed E-state index contributed by atoms with van der Waals surface area (Å²) in [7, 11) is 0. The Morgan fingerprint density at radius 1 is 1.36 bits per heavy atom. The van der Waals surface area contributed by atoms with Crippen LogP contribution in [-0.4, -0.2) is 34.7 Å². The van der Waals surface area contributed by atoms with Gasteiger partial charge < -0.3 is 5.32 Å². The Hall–Kier alpha value is -0.310. The Morgan fingerprint density at radius 2 is 1.93 bits per heavy atom. The molecule has 0 atom stereocenters. The van der Waals surface area contributed by atoms with E-state index in [9.17, 15) is 0 Å². The van der Waals surface area contributed by atoms with E-state index in [1.807, 2.05) is 0 Å². The van der Waals surface area contributed by atoms with Gasteiger partial charge in [0.25, 0.3) is 0 Å². The monoisotopic (exact) mass is 235 g/mol. The van der Waals surface area contributed by atoms with Crippen molar-refractivity contribution in [3.8, 4) is 6.19 Å². The molecule has 1 rings (SSSR count). The van der Waals surface area contributed by atoms with E-state index in [1.165, 1.54) is 0 Å². The quantitative estimate of drug-likeness (QED) is 0.335. The SMILES string of the molecule is N#CNC(=S)Nc1ccc(Cl)cc1.[NaH]. The first kappa shape index (κ1) is 13.7. The van der Waals surface area contributed by atoms with Crippen LogP contribution >= 0.6 is 23.8 Å². The Bertz CT molecular complexity index is 347. The predicted molar refractivity (Wildman–Crippen MR) is 63.6 cm³/mol. The fourth-order valence-corrected chi connectivity index (χ4v) is 1.04. The first-order valence-corrected chi connectivity index (χ1v) is 4.22. The Balaban J connectivity index is 0.00000169. The Morgan fingerprint density at radius 3 is 2.43 bits per heavy atom. The Kier molecular flexibility index (Phi) is 6.89. The number of benzene rings is 1. The van der Waals surface area contributed by atoms with Crippen molar-refractivity contribution in [1.82, 2.24) is 5.32 Å². The summed E-state index contributed by atoms with van der Waals surface area (Å²) in [4.78, 5) is 0. The molecule has 0 aliphatic carbocycles. The molecule has 0 radical (unpaired) electrons. The summed E-state index contributed by atoms with van der Waals surface area (Å²) in [5.74, 6) is 0. The minimum absolute atomic E-state index is 0. The van der Waals surface area contributed by atoms with Gasteiger partial charge in [-0.3, -0.25) is 5.32 Å². The van der Waals surface area contributed by atoms with Gasteiger partial charge in [0.15, 0.2) is 11.3 Å². The van der Waals surface area contributed by atoms with Crippen molar-refractivity contribution >= 4 is 64.2 Å². The van der Waals surface area contributed by atoms with Crippen molar-refractivity contribution < 1.29 is 0 Å². The second kappa shape index (κ2) is 7.04. The molecule has 0 aliphatic heterocycles. The number of hydrogen-bond donors (Lipinski definition) is 2. The van der Waals surface area contributed by atoms with Gasteiger partial charge in [0.2, 0.25) is 0 Å².